The number of amides is 3. The molecule has 4 N–H and O–H groups in total. The zero-order valence-electron chi connectivity index (χ0n) is 14.4. The van der Waals surface area contributed by atoms with E-state index in [2.05, 4.69) is 16.0 Å². The van der Waals surface area contributed by atoms with Crippen LogP contribution < -0.4 is 16.0 Å². The number of aliphatic hydroxyl groups excluding tert-OH is 1. The maximum absolute atomic E-state index is 11.9. The van der Waals surface area contributed by atoms with Crippen molar-refractivity contribution in [2.45, 2.75) is 19.4 Å². The molecule has 0 aliphatic rings. The highest BCUT2D eigenvalue weighted by atomic mass is 16.3. The predicted octanol–water partition coefficient (Wildman–Crippen LogP) is 1.82. The van der Waals surface area contributed by atoms with Gasteiger partial charge in [0.05, 0.1) is 6.10 Å². The Morgan fingerprint density at radius 1 is 0.885 bits per heavy atom. The van der Waals surface area contributed by atoms with Gasteiger partial charge < -0.3 is 21.1 Å². The molecule has 7 nitrogen and oxygen atoms in total. The predicted molar refractivity (Wildman–Crippen MR) is 98.4 cm³/mol. The molecule has 0 aromatic heterocycles. The lowest BCUT2D eigenvalue weighted by atomic mass is 10.1. The first-order valence-electron chi connectivity index (χ1n) is 8.15. The van der Waals surface area contributed by atoms with Gasteiger partial charge in [0, 0.05) is 24.8 Å². The normalized spacial score (nSPS) is 11.3. The largest absolute Gasteiger partial charge is 0.388 e. The number of anilines is 2. The zero-order chi connectivity index (χ0) is 18.9. The van der Waals surface area contributed by atoms with E-state index in [0.717, 1.165) is 5.56 Å². The topological polar surface area (TPSA) is 108 Å². The van der Waals surface area contributed by atoms with Crippen LogP contribution in [0.2, 0.25) is 0 Å². The van der Waals surface area contributed by atoms with Gasteiger partial charge in [-0.2, -0.15) is 0 Å². The smallest absolute Gasteiger partial charge is 0.313 e. The van der Waals surface area contributed by atoms with Crippen LogP contribution in [0, 0.1) is 0 Å². The number of benzene rings is 2. The Kier molecular flexibility index (Phi) is 6.87. The van der Waals surface area contributed by atoms with E-state index in [9.17, 15) is 19.5 Å². The Morgan fingerprint density at radius 2 is 1.46 bits per heavy atom. The van der Waals surface area contributed by atoms with E-state index in [1.165, 1.54) is 6.92 Å². The minimum atomic E-state index is -0.800. The van der Waals surface area contributed by atoms with Crippen molar-refractivity contribution in [3.05, 3.63) is 60.2 Å². The second-order valence-electron chi connectivity index (χ2n) is 5.68. The van der Waals surface area contributed by atoms with Gasteiger partial charge in [0.2, 0.25) is 5.91 Å². The molecular weight excluding hydrogens is 334 g/mol. The van der Waals surface area contributed by atoms with Crippen LogP contribution in [0.3, 0.4) is 0 Å². The third kappa shape index (κ3) is 6.03. The average molecular weight is 355 g/mol. The van der Waals surface area contributed by atoms with Crippen LogP contribution in [0.4, 0.5) is 11.4 Å². The van der Waals surface area contributed by atoms with Gasteiger partial charge in [-0.05, 0) is 36.2 Å². The molecule has 2 rings (SSSR count). The first-order valence-corrected chi connectivity index (χ1v) is 8.15. The lowest BCUT2D eigenvalue weighted by Crippen LogP contribution is -2.36. The second kappa shape index (κ2) is 9.33. The summed E-state index contributed by atoms with van der Waals surface area (Å²) in [6.07, 6.45) is -0.407. The monoisotopic (exact) mass is 355 g/mol. The Labute approximate surface area is 151 Å². The van der Waals surface area contributed by atoms with E-state index in [1.54, 1.807) is 36.4 Å². The summed E-state index contributed by atoms with van der Waals surface area (Å²) in [5.74, 6) is -1.78. The average Bonchev–Trinajstić information content (AvgIpc) is 2.63. The maximum Gasteiger partial charge on any atom is 0.313 e. The number of nitrogens with one attached hydrogen (secondary N) is 3. The summed E-state index contributed by atoms with van der Waals surface area (Å²) in [7, 11) is 0. The highest BCUT2D eigenvalue weighted by molar-refractivity contribution is 6.39. The lowest BCUT2D eigenvalue weighted by molar-refractivity contribution is -0.136. The fourth-order valence-corrected chi connectivity index (χ4v) is 2.27. The highest BCUT2D eigenvalue weighted by Gasteiger charge is 2.14. The van der Waals surface area contributed by atoms with Gasteiger partial charge in [0.25, 0.3) is 0 Å². The van der Waals surface area contributed by atoms with Crippen LogP contribution in [0.15, 0.2) is 54.6 Å². The summed E-state index contributed by atoms with van der Waals surface area (Å²) >= 11 is 0. The van der Waals surface area contributed by atoms with Crippen LogP contribution in [-0.4, -0.2) is 29.4 Å². The molecule has 0 saturated carbocycles. The molecule has 1 atom stereocenters. The van der Waals surface area contributed by atoms with Crippen LogP contribution in [0.25, 0.3) is 0 Å². The quantitative estimate of drug-likeness (QED) is 0.593. The van der Waals surface area contributed by atoms with Crippen molar-refractivity contribution in [2.75, 3.05) is 17.2 Å². The van der Waals surface area contributed by atoms with E-state index >= 15 is 0 Å². The van der Waals surface area contributed by atoms with Crippen LogP contribution in [0.1, 0.15) is 25.0 Å². The SMILES string of the molecule is CC(=O)Nc1ccc(NC(=O)C(=O)NCCC(O)c2ccccc2)cc1. The molecule has 0 radical (unpaired) electrons. The Hall–Kier alpha value is -3.19. The van der Waals surface area contributed by atoms with Crippen LogP contribution in [-0.2, 0) is 14.4 Å². The molecule has 0 fully saturated rings. The minimum Gasteiger partial charge on any atom is -0.388 e. The van der Waals surface area contributed by atoms with Gasteiger partial charge in [0.15, 0.2) is 0 Å². The van der Waals surface area contributed by atoms with Crippen molar-refractivity contribution in [2.24, 2.45) is 0 Å². The lowest BCUT2D eigenvalue weighted by Gasteiger charge is -2.11. The summed E-state index contributed by atoms with van der Waals surface area (Å²) in [6, 6.07) is 15.5. The standard InChI is InChI=1S/C19H21N3O4/c1-13(23)21-15-7-9-16(10-8-15)22-19(26)18(25)20-12-11-17(24)14-5-3-2-4-6-14/h2-10,17,24H,11-12H2,1H3,(H,20,25)(H,21,23)(H,22,26). The van der Waals surface area contributed by atoms with Crippen molar-refractivity contribution < 1.29 is 19.5 Å². The fourth-order valence-electron chi connectivity index (χ4n) is 2.27. The molecule has 3 amide bonds. The third-order valence-corrected chi connectivity index (χ3v) is 3.56. The number of aliphatic hydroxyl groups is 1. The molecule has 1 unspecified atom stereocenters. The summed E-state index contributed by atoms with van der Waals surface area (Å²) in [5, 5.41) is 17.6. The van der Waals surface area contributed by atoms with Crippen LogP contribution >= 0.6 is 0 Å². The van der Waals surface area contributed by atoms with Gasteiger partial charge in [-0.25, -0.2) is 0 Å². The van der Waals surface area contributed by atoms with E-state index in [0.29, 0.717) is 17.8 Å². The molecule has 26 heavy (non-hydrogen) atoms. The molecule has 7 heteroatoms. The summed E-state index contributed by atoms with van der Waals surface area (Å²) in [5.41, 5.74) is 1.78. The number of hydrogen-bond donors (Lipinski definition) is 4. The molecule has 0 aliphatic heterocycles. The highest BCUT2D eigenvalue weighted by Crippen LogP contribution is 2.15. The van der Waals surface area contributed by atoms with Gasteiger partial charge in [0.1, 0.15) is 0 Å². The van der Waals surface area contributed by atoms with E-state index in [-0.39, 0.29) is 12.5 Å². The van der Waals surface area contributed by atoms with Gasteiger partial charge in [-0.3, -0.25) is 14.4 Å². The van der Waals surface area contributed by atoms with Gasteiger partial charge in [-0.15, -0.1) is 0 Å². The zero-order valence-corrected chi connectivity index (χ0v) is 14.4. The van der Waals surface area contributed by atoms with E-state index in [1.807, 2.05) is 18.2 Å². The van der Waals surface area contributed by atoms with Crippen LogP contribution in [0.5, 0.6) is 0 Å². The molecule has 0 saturated heterocycles. The Morgan fingerprint density at radius 3 is 2.04 bits per heavy atom. The van der Waals surface area contributed by atoms with Crippen molar-refractivity contribution in [3.8, 4) is 0 Å². The molecule has 0 spiro atoms. The number of carbonyl (C=O) groups is 3. The molecule has 2 aromatic rings. The number of rotatable bonds is 6. The fraction of sp³-hybridized carbons (Fsp3) is 0.211. The van der Waals surface area contributed by atoms with Crippen molar-refractivity contribution in [3.63, 3.8) is 0 Å². The first-order chi connectivity index (χ1) is 12.5. The van der Waals surface area contributed by atoms with E-state index < -0.39 is 17.9 Å². The first kappa shape index (κ1) is 19.1. The Balaban J connectivity index is 1.77. The minimum absolute atomic E-state index is 0.170. The number of carbonyl (C=O) groups excluding carboxylic acids is 3. The maximum atomic E-state index is 11.9. The van der Waals surface area contributed by atoms with E-state index in [4.69, 9.17) is 0 Å². The molecular formula is C19H21N3O4. The summed E-state index contributed by atoms with van der Waals surface area (Å²) < 4.78 is 0. The molecule has 0 aliphatic carbocycles. The Bertz CT molecular complexity index is 760. The molecule has 0 heterocycles. The summed E-state index contributed by atoms with van der Waals surface area (Å²) in [4.78, 5) is 34.6. The van der Waals surface area contributed by atoms with Crippen molar-refractivity contribution in [1.29, 1.82) is 0 Å². The summed E-state index contributed by atoms with van der Waals surface area (Å²) in [6.45, 7) is 1.57. The van der Waals surface area contributed by atoms with Crippen molar-refractivity contribution in [1.82, 2.24) is 5.32 Å². The van der Waals surface area contributed by atoms with Crippen molar-refractivity contribution >= 4 is 29.1 Å². The molecule has 136 valence electrons. The molecule has 0 bridgehead atoms. The van der Waals surface area contributed by atoms with Gasteiger partial charge >= 0.3 is 11.8 Å². The third-order valence-electron chi connectivity index (χ3n) is 3.56. The number of hydrogen-bond acceptors (Lipinski definition) is 4. The van der Waals surface area contributed by atoms with Gasteiger partial charge in [-0.1, -0.05) is 30.3 Å². The molecule has 2 aromatic carbocycles. The second-order valence-corrected chi connectivity index (χ2v) is 5.68.